The molecule has 1 aliphatic rings. The molecule has 0 bridgehead atoms. The van der Waals surface area contributed by atoms with Crippen LogP contribution in [0, 0.1) is 5.92 Å². The summed E-state index contributed by atoms with van der Waals surface area (Å²) < 4.78 is 39.1. The molecule has 9 heteroatoms. The number of rotatable bonds is 6. The van der Waals surface area contributed by atoms with Crippen LogP contribution in [-0.2, 0) is 22.7 Å². The van der Waals surface area contributed by atoms with Crippen molar-refractivity contribution in [1.82, 2.24) is 14.5 Å². The quantitative estimate of drug-likeness (QED) is 0.715. The van der Waals surface area contributed by atoms with Crippen molar-refractivity contribution in [1.29, 1.82) is 0 Å². The first kappa shape index (κ1) is 21.9. The first-order valence-corrected chi connectivity index (χ1v) is 9.77. The van der Waals surface area contributed by atoms with E-state index in [2.05, 4.69) is 18.8 Å². The van der Waals surface area contributed by atoms with E-state index >= 15 is 0 Å². The van der Waals surface area contributed by atoms with Crippen molar-refractivity contribution in [3.8, 4) is 0 Å². The molecular weight excluding hydrogens is 397 g/mol. The van der Waals surface area contributed by atoms with Gasteiger partial charge in [0.15, 0.2) is 0 Å². The van der Waals surface area contributed by atoms with Gasteiger partial charge in [-0.25, -0.2) is 4.98 Å². The van der Waals surface area contributed by atoms with Crippen molar-refractivity contribution >= 4 is 17.5 Å². The van der Waals surface area contributed by atoms with Gasteiger partial charge in [0.2, 0.25) is 11.8 Å². The zero-order chi connectivity index (χ0) is 22.1. The smallest absolute Gasteiger partial charge is 0.338 e. The van der Waals surface area contributed by atoms with Crippen LogP contribution in [0.3, 0.4) is 0 Å². The van der Waals surface area contributed by atoms with Gasteiger partial charge in [0.1, 0.15) is 12.4 Å². The van der Waals surface area contributed by atoms with E-state index in [9.17, 15) is 22.8 Å². The number of aromatic nitrogens is 2. The van der Waals surface area contributed by atoms with E-state index in [4.69, 9.17) is 0 Å². The van der Waals surface area contributed by atoms with Gasteiger partial charge in [0, 0.05) is 38.1 Å². The van der Waals surface area contributed by atoms with E-state index in [1.807, 2.05) is 24.3 Å². The fourth-order valence-electron chi connectivity index (χ4n) is 3.60. The summed E-state index contributed by atoms with van der Waals surface area (Å²) in [4.78, 5) is 32.3. The Hall–Kier alpha value is -2.84. The van der Waals surface area contributed by atoms with Crippen LogP contribution in [0.5, 0.6) is 0 Å². The molecule has 0 N–H and O–H groups in total. The van der Waals surface area contributed by atoms with Crippen LogP contribution in [0.1, 0.15) is 37.6 Å². The van der Waals surface area contributed by atoms with Crippen molar-refractivity contribution in [3.05, 3.63) is 48.0 Å². The number of halogens is 3. The van der Waals surface area contributed by atoms with Crippen molar-refractivity contribution in [3.63, 3.8) is 0 Å². The molecule has 2 aromatic rings. The van der Waals surface area contributed by atoms with Crippen LogP contribution in [0.15, 0.2) is 36.7 Å². The Kier molecular flexibility index (Phi) is 6.19. The van der Waals surface area contributed by atoms with Crippen LogP contribution in [-0.4, -0.2) is 46.0 Å². The number of nitrogens with zero attached hydrogens (tertiary/aromatic N) is 4. The second kappa shape index (κ2) is 8.49. The number of hydrogen-bond donors (Lipinski definition) is 0. The van der Waals surface area contributed by atoms with Gasteiger partial charge in [0.25, 0.3) is 0 Å². The maximum absolute atomic E-state index is 12.9. The Labute approximate surface area is 173 Å². The minimum Gasteiger partial charge on any atom is -0.338 e. The summed E-state index contributed by atoms with van der Waals surface area (Å²) in [6.07, 6.45) is -1.78. The zero-order valence-corrected chi connectivity index (χ0v) is 17.2. The molecule has 0 spiro atoms. The molecule has 0 radical (unpaired) electrons. The third-order valence-electron chi connectivity index (χ3n) is 5.23. The maximum Gasteiger partial charge on any atom is 0.406 e. The predicted molar refractivity (Wildman–Crippen MR) is 106 cm³/mol. The highest BCUT2D eigenvalue weighted by atomic mass is 19.4. The lowest BCUT2D eigenvalue weighted by atomic mass is 10.0. The van der Waals surface area contributed by atoms with Gasteiger partial charge in [-0.1, -0.05) is 26.0 Å². The summed E-state index contributed by atoms with van der Waals surface area (Å²) >= 11 is 0. The molecule has 1 saturated heterocycles. The first-order chi connectivity index (χ1) is 14.0. The number of benzene rings is 1. The average Bonchev–Trinajstić information content (AvgIpc) is 3.26. The maximum atomic E-state index is 12.9. The second-order valence-corrected chi connectivity index (χ2v) is 7.94. The molecule has 1 atom stereocenters. The first-order valence-electron chi connectivity index (χ1n) is 9.77. The Morgan fingerprint density at radius 1 is 1.33 bits per heavy atom. The number of carbonyl (C=O) groups is 2. The van der Waals surface area contributed by atoms with Gasteiger partial charge < -0.3 is 14.4 Å². The van der Waals surface area contributed by atoms with E-state index in [1.165, 1.54) is 24.3 Å². The highest BCUT2D eigenvalue weighted by Gasteiger charge is 2.37. The standard InChI is InChI=1S/C21H25F3N4O2/c1-14(2)15-5-4-6-17(9-15)28-11-16(10-19(28)29)20(30)26(3)12-18-25-7-8-27(18)13-21(22,23)24/h4-9,14,16H,10-13H2,1-3H3. The molecule has 2 heterocycles. The summed E-state index contributed by atoms with van der Waals surface area (Å²) in [6, 6.07) is 7.68. The van der Waals surface area contributed by atoms with E-state index in [1.54, 1.807) is 4.90 Å². The number of amides is 2. The topological polar surface area (TPSA) is 58.4 Å². The van der Waals surface area contributed by atoms with Crippen molar-refractivity contribution < 1.29 is 22.8 Å². The second-order valence-electron chi connectivity index (χ2n) is 7.94. The van der Waals surface area contributed by atoms with E-state index < -0.39 is 18.6 Å². The molecule has 0 saturated carbocycles. The molecule has 0 aliphatic carbocycles. The van der Waals surface area contributed by atoms with Gasteiger partial charge >= 0.3 is 6.18 Å². The Balaban J connectivity index is 1.67. The summed E-state index contributed by atoms with van der Waals surface area (Å²) in [7, 11) is 1.52. The van der Waals surface area contributed by atoms with Gasteiger partial charge in [0.05, 0.1) is 12.5 Å². The number of anilines is 1. The molecule has 1 aliphatic heterocycles. The number of imidazole rings is 1. The zero-order valence-electron chi connectivity index (χ0n) is 17.2. The van der Waals surface area contributed by atoms with Gasteiger partial charge in [-0.15, -0.1) is 0 Å². The highest BCUT2D eigenvalue weighted by Crippen LogP contribution is 2.29. The lowest BCUT2D eigenvalue weighted by Crippen LogP contribution is -2.35. The predicted octanol–water partition coefficient (Wildman–Crippen LogP) is 3.58. The molecule has 6 nitrogen and oxygen atoms in total. The summed E-state index contributed by atoms with van der Waals surface area (Å²) in [5.41, 5.74) is 1.86. The highest BCUT2D eigenvalue weighted by molar-refractivity contribution is 6.00. The minimum absolute atomic E-state index is 0.0601. The lowest BCUT2D eigenvalue weighted by Gasteiger charge is -2.22. The van der Waals surface area contributed by atoms with Crippen molar-refractivity contribution in [2.24, 2.45) is 5.92 Å². The molecule has 2 amide bonds. The van der Waals surface area contributed by atoms with Crippen LogP contribution in [0.4, 0.5) is 18.9 Å². The third-order valence-corrected chi connectivity index (χ3v) is 5.23. The molecule has 1 aromatic heterocycles. The molecular formula is C21H25F3N4O2. The number of alkyl halides is 3. The van der Waals surface area contributed by atoms with Gasteiger partial charge in [-0.2, -0.15) is 13.2 Å². The molecule has 1 fully saturated rings. The lowest BCUT2D eigenvalue weighted by molar-refractivity contribution is -0.141. The monoisotopic (exact) mass is 422 g/mol. The van der Waals surface area contributed by atoms with E-state index in [0.717, 1.165) is 15.8 Å². The van der Waals surface area contributed by atoms with Crippen LogP contribution < -0.4 is 4.90 Å². The molecule has 30 heavy (non-hydrogen) atoms. The summed E-state index contributed by atoms with van der Waals surface area (Å²) in [5.74, 6) is -0.509. The van der Waals surface area contributed by atoms with Crippen LogP contribution >= 0.6 is 0 Å². The SMILES string of the molecule is CC(C)c1cccc(N2CC(C(=O)N(C)Cc3nccn3CC(F)(F)F)CC2=O)c1. The molecule has 162 valence electrons. The minimum atomic E-state index is -4.37. The molecule has 1 aromatic carbocycles. The molecule has 1 unspecified atom stereocenters. The third kappa shape index (κ3) is 5.01. The average molecular weight is 422 g/mol. The van der Waals surface area contributed by atoms with Crippen molar-refractivity contribution in [2.75, 3.05) is 18.5 Å². The van der Waals surface area contributed by atoms with Crippen molar-refractivity contribution in [2.45, 2.75) is 45.5 Å². The Morgan fingerprint density at radius 3 is 2.73 bits per heavy atom. The largest absolute Gasteiger partial charge is 0.406 e. The van der Waals surface area contributed by atoms with Gasteiger partial charge in [-0.05, 0) is 23.6 Å². The Bertz CT molecular complexity index is 923. The normalized spacial score (nSPS) is 17.1. The fourth-order valence-corrected chi connectivity index (χ4v) is 3.60. The van der Waals surface area contributed by atoms with Gasteiger partial charge in [-0.3, -0.25) is 9.59 Å². The van der Waals surface area contributed by atoms with E-state index in [0.29, 0.717) is 5.92 Å². The molecule has 3 rings (SSSR count). The fraction of sp³-hybridized carbons (Fsp3) is 0.476. The Morgan fingerprint density at radius 2 is 2.07 bits per heavy atom. The summed E-state index contributed by atoms with van der Waals surface area (Å²) in [5, 5.41) is 0. The summed E-state index contributed by atoms with van der Waals surface area (Å²) in [6.45, 7) is 3.16. The number of hydrogen-bond acceptors (Lipinski definition) is 3. The van der Waals surface area contributed by atoms with Crippen LogP contribution in [0.25, 0.3) is 0 Å². The number of carbonyl (C=O) groups excluding carboxylic acids is 2. The van der Waals surface area contributed by atoms with E-state index in [-0.39, 0.29) is 37.1 Å². The van der Waals surface area contributed by atoms with Crippen LogP contribution in [0.2, 0.25) is 0 Å².